The summed E-state index contributed by atoms with van der Waals surface area (Å²) in [5.74, 6) is 1.90. The molecule has 0 heterocycles. The smallest absolute Gasteiger partial charge is 0.261 e. The summed E-state index contributed by atoms with van der Waals surface area (Å²) in [5, 5.41) is 2.90. The quantitative estimate of drug-likeness (QED) is 0.756. The van der Waals surface area contributed by atoms with E-state index in [1.54, 1.807) is 14.0 Å². The van der Waals surface area contributed by atoms with Gasteiger partial charge in [-0.2, -0.15) is 0 Å². The van der Waals surface area contributed by atoms with Crippen molar-refractivity contribution in [3.05, 3.63) is 53.1 Å². The van der Waals surface area contributed by atoms with Crippen LogP contribution < -0.4 is 19.5 Å². The molecule has 146 valence electrons. The number of aryl methyl sites for hydroxylation is 1. The van der Waals surface area contributed by atoms with Crippen molar-refractivity contribution in [3.8, 4) is 17.2 Å². The molecule has 0 saturated heterocycles. The normalized spacial score (nSPS) is 11.8. The third-order valence-electron chi connectivity index (χ3n) is 4.29. The van der Waals surface area contributed by atoms with Crippen molar-refractivity contribution >= 4 is 5.91 Å². The second-order valence-corrected chi connectivity index (χ2v) is 6.83. The van der Waals surface area contributed by atoms with Gasteiger partial charge in [0.1, 0.15) is 5.75 Å². The molecule has 5 heteroatoms. The summed E-state index contributed by atoms with van der Waals surface area (Å²) in [6, 6.07) is 11.5. The average molecular weight is 371 g/mol. The lowest BCUT2D eigenvalue weighted by Gasteiger charge is -2.18. The molecular formula is C22H29NO4. The van der Waals surface area contributed by atoms with Crippen LogP contribution in [0, 0.1) is 13.8 Å². The number of nitrogens with one attached hydrogen (secondary N) is 1. The Kier molecular flexibility index (Phi) is 7.11. The molecule has 0 aliphatic rings. The fourth-order valence-electron chi connectivity index (χ4n) is 2.60. The van der Waals surface area contributed by atoms with Crippen molar-refractivity contribution in [1.29, 1.82) is 0 Å². The first-order chi connectivity index (χ1) is 12.8. The highest BCUT2D eigenvalue weighted by Gasteiger charge is 2.16. The molecule has 0 fully saturated rings. The molecule has 1 atom stereocenters. The van der Waals surface area contributed by atoms with Crippen LogP contribution in [0.3, 0.4) is 0 Å². The fraction of sp³-hybridized carbons (Fsp3) is 0.409. The van der Waals surface area contributed by atoms with Crippen molar-refractivity contribution in [1.82, 2.24) is 5.32 Å². The summed E-state index contributed by atoms with van der Waals surface area (Å²) >= 11 is 0. The molecule has 2 rings (SSSR count). The van der Waals surface area contributed by atoms with E-state index in [4.69, 9.17) is 14.2 Å². The Morgan fingerprint density at radius 2 is 1.74 bits per heavy atom. The lowest BCUT2D eigenvalue weighted by Crippen LogP contribution is -2.36. The van der Waals surface area contributed by atoms with E-state index < -0.39 is 6.10 Å². The molecule has 0 aliphatic carbocycles. The molecule has 0 aromatic heterocycles. The third kappa shape index (κ3) is 5.64. The second kappa shape index (κ2) is 9.31. The molecule has 0 radical (unpaired) electrons. The molecule has 1 amide bonds. The molecule has 0 bridgehead atoms. The highest BCUT2D eigenvalue weighted by molar-refractivity contribution is 5.80. The van der Waals surface area contributed by atoms with Crippen LogP contribution in [0.25, 0.3) is 0 Å². The van der Waals surface area contributed by atoms with Gasteiger partial charge in [-0.05, 0) is 69.5 Å². The zero-order valence-electron chi connectivity index (χ0n) is 17.0. The Morgan fingerprint density at radius 1 is 1.00 bits per heavy atom. The van der Waals surface area contributed by atoms with Gasteiger partial charge in [-0.15, -0.1) is 0 Å². The number of benzene rings is 2. The Bertz CT molecular complexity index is 786. The molecule has 0 unspecified atom stereocenters. The first-order valence-corrected chi connectivity index (χ1v) is 9.16. The van der Waals surface area contributed by atoms with Crippen LogP contribution >= 0.6 is 0 Å². The van der Waals surface area contributed by atoms with Gasteiger partial charge in [0.25, 0.3) is 5.91 Å². The lowest BCUT2D eigenvalue weighted by molar-refractivity contribution is -0.127. The van der Waals surface area contributed by atoms with Crippen LogP contribution in [0.1, 0.15) is 37.5 Å². The van der Waals surface area contributed by atoms with E-state index in [2.05, 4.69) is 5.32 Å². The molecule has 2 aromatic carbocycles. The highest BCUT2D eigenvalue weighted by Crippen LogP contribution is 2.29. The number of carbonyl (C=O) groups is 1. The summed E-state index contributed by atoms with van der Waals surface area (Å²) in [4.78, 5) is 12.4. The predicted molar refractivity (Wildman–Crippen MR) is 107 cm³/mol. The summed E-state index contributed by atoms with van der Waals surface area (Å²) in [7, 11) is 1.60. The van der Waals surface area contributed by atoms with E-state index in [9.17, 15) is 4.79 Å². The topological polar surface area (TPSA) is 56.8 Å². The molecule has 0 aliphatic heterocycles. The number of hydrogen-bond acceptors (Lipinski definition) is 4. The van der Waals surface area contributed by atoms with Gasteiger partial charge in [0.2, 0.25) is 0 Å². The first kappa shape index (κ1) is 20.6. The number of ether oxygens (including phenoxy) is 3. The van der Waals surface area contributed by atoms with Gasteiger partial charge in [0, 0.05) is 6.54 Å². The summed E-state index contributed by atoms with van der Waals surface area (Å²) in [6.07, 6.45) is -0.525. The van der Waals surface area contributed by atoms with Crippen LogP contribution in [0.4, 0.5) is 0 Å². The van der Waals surface area contributed by atoms with Gasteiger partial charge in [-0.1, -0.05) is 18.2 Å². The minimum atomic E-state index is -0.587. The maximum atomic E-state index is 12.4. The Labute approximate surface area is 161 Å². The Morgan fingerprint density at radius 3 is 2.41 bits per heavy atom. The summed E-state index contributed by atoms with van der Waals surface area (Å²) in [5.41, 5.74) is 3.11. The van der Waals surface area contributed by atoms with Gasteiger partial charge < -0.3 is 19.5 Å². The van der Waals surface area contributed by atoms with Crippen molar-refractivity contribution in [2.45, 2.75) is 53.4 Å². The zero-order valence-corrected chi connectivity index (χ0v) is 17.0. The van der Waals surface area contributed by atoms with E-state index in [0.717, 1.165) is 22.4 Å². The van der Waals surface area contributed by atoms with E-state index in [0.29, 0.717) is 18.0 Å². The molecule has 5 nitrogen and oxygen atoms in total. The molecule has 0 spiro atoms. The van der Waals surface area contributed by atoms with Crippen LogP contribution in [0.5, 0.6) is 17.2 Å². The maximum absolute atomic E-state index is 12.4. The van der Waals surface area contributed by atoms with Gasteiger partial charge in [-0.25, -0.2) is 0 Å². The van der Waals surface area contributed by atoms with Crippen molar-refractivity contribution in [2.24, 2.45) is 0 Å². The molecule has 27 heavy (non-hydrogen) atoms. The standard InChI is InChI=1S/C22H29NO4/c1-14(2)26-20-11-10-18(12-21(20)25-6)13-23-22(24)17(5)27-19-9-7-8-15(3)16(19)4/h7-12,14,17H,13H2,1-6H3,(H,23,24)/t17-/m1/s1. The van der Waals surface area contributed by atoms with Crippen LogP contribution in [-0.2, 0) is 11.3 Å². The minimum Gasteiger partial charge on any atom is -0.493 e. The number of carbonyl (C=O) groups excluding carboxylic acids is 1. The van der Waals surface area contributed by atoms with Crippen molar-refractivity contribution in [2.75, 3.05) is 7.11 Å². The van der Waals surface area contributed by atoms with Crippen molar-refractivity contribution in [3.63, 3.8) is 0 Å². The van der Waals surface area contributed by atoms with E-state index in [1.165, 1.54) is 0 Å². The van der Waals surface area contributed by atoms with Crippen LogP contribution in [0.2, 0.25) is 0 Å². The first-order valence-electron chi connectivity index (χ1n) is 9.16. The third-order valence-corrected chi connectivity index (χ3v) is 4.29. The average Bonchev–Trinajstić information content (AvgIpc) is 2.63. The zero-order chi connectivity index (χ0) is 20.0. The van der Waals surface area contributed by atoms with Gasteiger partial charge in [0.05, 0.1) is 13.2 Å². The van der Waals surface area contributed by atoms with Gasteiger partial charge >= 0.3 is 0 Å². The van der Waals surface area contributed by atoms with Gasteiger partial charge in [-0.3, -0.25) is 4.79 Å². The van der Waals surface area contributed by atoms with Crippen LogP contribution in [-0.4, -0.2) is 25.2 Å². The lowest BCUT2D eigenvalue weighted by atomic mass is 10.1. The summed E-state index contributed by atoms with van der Waals surface area (Å²) < 4.78 is 16.9. The number of rotatable bonds is 8. The molecular weight excluding hydrogens is 342 g/mol. The van der Waals surface area contributed by atoms with Crippen molar-refractivity contribution < 1.29 is 19.0 Å². The molecule has 0 saturated carbocycles. The van der Waals surface area contributed by atoms with Crippen LogP contribution in [0.15, 0.2) is 36.4 Å². The molecule has 2 aromatic rings. The molecule has 1 N–H and O–H groups in total. The van der Waals surface area contributed by atoms with Gasteiger partial charge in [0.15, 0.2) is 17.6 Å². The minimum absolute atomic E-state index is 0.0625. The fourth-order valence-corrected chi connectivity index (χ4v) is 2.60. The van der Waals surface area contributed by atoms with E-state index in [1.807, 2.05) is 64.1 Å². The number of hydrogen-bond donors (Lipinski definition) is 1. The highest BCUT2D eigenvalue weighted by atomic mass is 16.5. The SMILES string of the molecule is COc1cc(CNC(=O)[C@@H](C)Oc2cccc(C)c2C)ccc1OC(C)C. The predicted octanol–water partition coefficient (Wildman–Crippen LogP) is 4.18. The Hall–Kier alpha value is -2.69. The monoisotopic (exact) mass is 371 g/mol. The largest absolute Gasteiger partial charge is 0.493 e. The van der Waals surface area contributed by atoms with E-state index >= 15 is 0 Å². The number of methoxy groups -OCH3 is 1. The van der Waals surface area contributed by atoms with E-state index in [-0.39, 0.29) is 12.0 Å². The second-order valence-electron chi connectivity index (χ2n) is 6.83. The maximum Gasteiger partial charge on any atom is 0.261 e. The summed E-state index contributed by atoms with van der Waals surface area (Å²) in [6.45, 7) is 10.1. The Balaban J connectivity index is 1.97. The number of amides is 1.